The zero-order chi connectivity index (χ0) is 21.5. The predicted octanol–water partition coefficient (Wildman–Crippen LogP) is 5.97. The van der Waals surface area contributed by atoms with Crippen LogP contribution < -0.4 is 15.4 Å². The van der Waals surface area contributed by atoms with Crippen molar-refractivity contribution in [3.05, 3.63) is 60.0 Å². The maximum absolute atomic E-state index is 5.72. The molecule has 1 aromatic carbocycles. The van der Waals surface area contributed by atoms with E-state index < -0.39 is 0 Å². The van der Waals surface area contributed by atoms with Crippen LogP contribution >= 0.6 is 11.6 Å². The molecule has 0 saturated carbocycles. The quantitative estimate of drug-likeness (QED) is 0.336. The van der Waals surface area contributed by atoms with Gasteiger partial charge in [0.1, 0.15) is 5.76 Å². The second kappa shape index (κ2) is 10.6. The molecule has 5 nitrogen and oxygen atoms in total. The van der Waals surface area contributed by atoms with E-state index in [1.807, 2.05) is 18.2 Å². The highest BCUT2D eigenvalue weighted by Gasteiger charge is 2.13. The van der Waals surface area contributed by atoms with Crippen LogP contribution in [0.5, 0.6) is 5.88 Å². The number of anilines is 1. The molecule has 0 spiro atoms. The summed E-state index contributed by atoms with van der Waals surface area (Å²) in [6, 6.07) is 14.2. The number of halogens is 1. The number of allylic oxidation sites excluding steroid dienone is 1. The largest absolute Gasteiger partial charge is 0.443 e. The number of fused-ring (bicyclic) bond motifs is 1. The fraction of sp³-hybridized carbons (Fsp3) is 0.360. The van der Waals surface area contributed by atoms with E-state index in [1.165, 1.54) is 31.3 Å². The molecule has 1 aliphatic heterocycles. The minimum Gasteiger partial charge on any atom is -0.443 e. The zero-order valence-corrected chi connectivity index (χ0v) is 18.7. The number of nitrogens with zero attached hydrogens (tertiary/aromatic N) is 2. The lowest BCUT2D eigenvalue weighted by Crippen LogP contribution is -2.29. The summed E-state index contributed by atoms with van der Waals surface area (Å²) < 4.78 is 5.65. The van der Waals surface area contributed by atoms with Gasteiger partial charge in [-0.2, -0.15) is 0 Å². The van der Waals surface area contributed by atoms with Crippen molar-refractivity contribution in [2.75, 3.05) is 25.0 Å². The first-order chi connectivity index (χ1) is 15.2. The van der Waals surface area contributed by atoms with Gasteiger partial charge in [-0.15, -0.1) is 0 Å². The standard InChI is InChI=1S/C25H29ClN4O/c1-18(16-26)31-25-14-20(10-13-29-25)23-15-24(21-8-2-3-9-22(21)30-23)28-12-5-7-19-6-4-11-27-17-19/h2-3,8-10,13-16,19,27H,4-7,11-12,17H2,1H3,(H,28,30). The topological polar surface area (TPSA) is 59.1 Å². The van der Waals surface area contributed by atoms with Crippen LogP contribution in [0.1, 0.15) is 32.6 Å². The van der Waals surface area contributed by atoms with Crippen LogP contribution in [0.25, 0.3) is 22.2 Å². The molecule has 6 heteroatoms. The van der Waals surface area contributed by atoms with E-state index in [4.69, 9.17) is 21.3 Å². The molecule has 4 rings (SSSR count). The minimum atomic E-state index is 0.498. The average molecular weight is 437 g/mol. The Morgan fingerprint density at radius 3 is 3.03 bits per heavy atom. The van der Waals surface area contributed by atoms with E-state index in [0.29, 0.717) is 11.6 Å². The number of pyridine rings is 2. The molecule has 1 unspecified atom stereocenters. The van der Waals surface area contributed by atoms with Crippen LogP contribution in [0, 0.1) is 5.92 Å². The van der Waals surface area contributed by atoms with Crippen LogP contribution in [0.15, 0.2) is 60.0 Å². The number of benzene rings is 1. The lowest BCUT2D eigenvalue weighted by atomic mass is 9.95. The molecule has 31 heavy (non-hydrogen) atoms. The summed E-state index contributed by atoms with van der Waals surface area (Å²) >= 11 is 5.72. The SMILES string of the molecule is CC(=CCl)Oc1cc(-c2cc(NCCCC3CCCNC3)c3ccccc3n2)ccn1. The average Bonchev–Trinajstić information content (AvgIpc) is 2.82. The number of piperidine rings is 1. The summed E-state index contributed by atoms with van der Waals surface area (Å²) in [4.78, 5) is 9.15. The lowest BCUT2D eigenvalue weighted by Gasteiger charge is -2.22. The van der Waals surface area contributed by atoms with Gasteiger partial charge in [-0.3, -0.25) is 0 Å². The van der Waals surface area contributed by atoms with E-state index in [0.717, 1.165) is 53.3 Å². The second-order valence-electron chi connectivity index (χ2n) is 8.06. The first-order valence-electron chi connectivity index (χ1n) is 11.0. The number of ether oxygens (including phenoxy) is 1. The van der Waals surface area contributed by atoms with E-state index in [2.05, 4.69) is 39.9 Å². The van der Waals surface area contributed by atoms with Gasteiger partial charge in [-0.1, -0.05) is 29.8 Å². The van der Waals surface area contributed by atoms with Crippen LogP contribution in [0.2, 0.25) is 0 Å². The van der Waals surface area contributed by atoms with Crippen molar-refractivity contribution in [2.45, 2.75) is 32.6 Å². The molecule has 0 radical (unpaired) electrons. The van der Waals surface area contributed by atoms with Crippen molar-refractivity contribution in [1.29, 1.82) is 0 Å². The van der Waals surface area contributed by atoms with Gasteiger partial charge >= 0.3 is 0 Å². The van der Waals surface area contributed by atoms with Gasteiger partial charge in [0, 0.05) is 41.0 Å². The van der Waals surface area contributed by atoms with Crippen molar-refractivity contribution in [3.8, 4) is 17.1 Å². The molecule has 1 fully saturated rings. The normalized spacial score (nSPS) is 17.0. The molecule has 1 saturated heterocycles. The maximum atomic E-state index is 5.72. The van der Waals surface area contributed by atoms with Crippen molar-refractivity contribution in [3.63, 3.8) is 0 Å². The Balaban J connectivity index is 1.53. The smallest absolute Gasteiger partial charge is 0.219 e. The third kappa shape index (κ3) is 5.75. The molecule has 2 N–H and O–H groups in total. The maximum Gasteiger partial charge on any atom is 0.219 e. The fourth-order valence-electron chi connectivity index (χ4n) is 4.07. The third-order valence-corrected chi connectivity index (χ3v) is 5.98. The molecule has 3 aromatic rings. The molecule has 0 amide bonds. The monoisotopic (exact) mass is 436 g/mol. The first kappa shape index (κ1) is 21.6. The van der Waals surface area contributed by atoms with Crippen LogP contribution in [-0.2, 0) is 0 Å². The highest BCUT2D eigenvalue weighted by molar-refractivity contribution is 6.25. The van der Waals surface area contributed by atoms with Gasteiger partial charge in [0.15, 0.2) is 0 Å². The Bertz CT molecular complexity index is 1050. The summed E-state index contributed by atoms with van der Waals surface area (Å²) in [6.45, 7) is 5.08. The highest BCUT2D eigenvalue weighted by Crippen LogP contribution is 2.30. The van der Waals surface area contributed by atoms with Crippen molar-refractivity contribution in [2.24, 2.45) is 5.92 Å². The van der Waals surface area contributed by atoms with Crippen LogP contribution in [-0.4, -0.2) is 29.6 Å². The number of nitrogens with one attached hydrogen (secondary N) is 2. The Labute approximate surface area is 188 Å². The van der Waals surface area contributed by atoms with E-state index in [-0.39, 0.29) is 0 Å². The summed E-state index contributed by atoms with van der Waals surface area (Å²) in [5, 5.41) is 8.30. The molecule has 3 heterocycles. The van der Waals surface area contributed by atoms with Crippen LogP contribution in [0.4, 0.5) is 5.69 Å². The summed E-state index contributed by atoms with van der Waals surface area (Å²) in [5.41, 5.74) is 5.31. The summed E-state index contributed by atoms with van der Waals surface area (Å²) in [7, 11) is 0. The van der Waals surface area contributed by atoms with E-state index in [1.54, 1.807) is 13.1 Å². The predicted molar refractivity (Wildman–Crippen MR) is 129 cm³/mol. The number of para-hydroxylation sites is 1. The second-order valence-corrected chi connectivity index (χ2v) is 8.28. The van der Waals surface area contributed by atoms with Gasteiger partial charge < -0.3 is 15.4 Å². The lowest BCUT2D eigenvalue weighted by molar-refractivity contribution is 0.353. The molecule has 1 atom stereocenters. The molecule has 2 aromatic heterocycles. The zero-order valence-electron chi connectivity index (χ0n) is 17.9. The Hall–Kier alpha value is -2.63. The van der Waals surface area contributed by atoms with Crippen molar-refractivity contribution in [1.82, 2.24) is 15.3 Å². The Morgan fingerprint density at radius 1 is 1.29 bits per heavy atom. The molecule has 0 bridgehead atoms. The summed E-state index contributed by atoms with van der Waals surface area (Å²) in [5.74, 6) is 1.90. The number of hydrogen-bond donors (Lipinski definition) is 2. The Kier molecular flexibility index (Phi) is 7.39. The van der Waals surface area contributed by atoms with Gasteiger partial charge in [0.25, 0.3) is 0 Å². The molecule has 1 aliphatic rings. The van der Waals surface area contributed by atoms with E-state index in [9.17, 15) is 0 Å². The van der Waals surface area contributed by atoms with Gasteiger partial charge in [0.05, 0.1) is 11.2 Å². The minimum absolute atomic E-state index is 0.498. The van der Waals surface area contributed by atoms with Crippen molar-refractivity contribution >= 4 is 28.2 Å². The summed E-state index contributed by atoms with van der Waals surface area (Å²) in [6.07, 6.45) is 6.80. The third-order valence-electron chi connectivity index (χ3n) is 5.67. The number of hydrogen-bond acceptors (Lipinski definition) is 5. The highest BCUT2D eigenvalue weighted by atomic mass is 35.5. The van der Waals surface area contributed by atoms with Gasteiger partial charge in [0.2, 0.25) is 5.88 Å². The van der Waals surface area contributed by atoms with E-state index >= 15 is 0 Å². The Morgan fingerprint density at radius 2 is 2.19 bits per heavy atom. The van der Waals surface area contributed by atoms with Gasteiger partial charge in [-0.05, 0) is 69.8 Å². The van der Waals surface area contributed by atoms with Gasteiger partial charge in [-0.25, -0.2) is 9.97 Å². The molecule has 162 valence electrons. The molecular weight excluding hydrogens is 408 g/mol. The van der Waals surface area contributed by atoms with Crippen LogP contribution in [0.3, 0.4) is 0 Å². The fourth-order valence-corrected chi connectivity index (χ4v) is 4.11. The van der Waals surface area contributed by atoms with Crippen molar-refractivity contribution < 1.29 is 4.74 Å². The number of rotatable bonds is 8. The first-order valence-corrected chi connectivity index (χ1v) is 11.4. The number of aromatic nitrogens is 2. The molecular formula is C25H29ClN4O. The molecule has 0 aliphatic carbocycles.